The van der Waals surface area contributed by atoms with Crippen LogP contribution in [0.4, 0.5) is 0 Å². The van der Waals surface area contributed by atoms with Crippen LogP contribution in [0.15, 0.2) is 36.5 Å². The Kier molecular flexibility index (Phi) is 7.20. The van der Waals surface area contributed by atoms with E-state index in [0.717, 1.165) is 5.52 Å². The van der Waals surface area contributed by atoms with Gasteiger partial charge in [-0.3, -0.25) is 4.98 Å². The van der Waals surface area contributed by atoms with Gasteiger partial charge in [0.2, 0.25) is 0 Å². The number of rotatable bonds is 0. The molecular weight excluding hydrogens is 184 g/mol. The predicted octanol–water partition coefficient (Wildman–Crippen LogP) is 3.14. The van der Waals surface area contributed by atoms with Crippen LogP contribution in [0, 0.1) is 6.92 Å². The summed E-state index contributed by atoms with van der Waals surface area (Å²) in [7, 11) is 1.50. The summed E-state index contributed by atoms with van der Waals surface area (Å²) in [5.74, 6) is 0. The average molecular weight is 204 g/mol. The van der Waals surface area contributed by atoms with Crippen LogP contribution in [0.25, 0.3) is 10.9 Å². The van der Waals surface area contributed by atoms with Gasteiger partial charge in [-0.1, -0.05) is 32.0 Å². The first-order chi connectivity index (χ1) is 7.36. The van der Waals surface area contributed by atoms with Crippen molar-refractivity contribution in [1.82, 2.24) is 4.98 Å². The van der Waals surface area contributed by atoms with E-state index in [1.165, 1.54) is 18.0 Å². The van der Waals surface area contributed by atoms with Gasteiger partial charge in [0, 0.05) is 11.6 Å². The highest BCUT2D eigenvalue weighted by atomic mass is 14.6. The Balaban J connectivity index is 0.000000442. The minimum atomic E-state index is 1.08. The van der Waals surface area contributed by atoms with Crippen molar-refractivity contribution in [2.24, 2.45) is 5.73 Å². The lowest BCUT2D eigenvalue weighted by atomic mass is 10.1. The Morgan fingerprint density at radius 3 is 2.40 bits per heavy atom. The lowest BCUT2D eigenvalue weighted by Gasteiger charge is -1.95. The first-order valence-electron chi connectivity index (χ1n) is 5.25. The van der Waals surface area contributed by atoms with Crippen LogP contribution in [-0.4, -0.2) is 12.0 Å². The molecule has 0 atom stereocenters. The Labute approximate surface area is 92.1 Å². The molecule has 0 bridgehead atoms. The summed E-state index contributed by atoms with van der Waals surface area (Å²) in [4.78, 5) is 4.24. The molecule has 0 aliphatic rings. The highest BCUT2D eigenvalue weighted by Gasteiger charge is 1.90. The highest BCUT2D eigenvalue weighted by molar-refractivity contribution is 5.78. The van der Waals surface area contributed by atoms with Gasteiger partial charge in [-0.25, -0.2) is 0 Å². The molecule has 0 unspecified atom stereocenters. The van der Waals surface area contributed by atoms with Crippen LogP contribution in [0.5, 0.6) is 0 Å². The second-order valence-electron chi connectivity index (χ2n) is 2.70. The molecule has 1 heterocycles. The molecule has 2 nitrogen and oxygen atoms in total. The summed E-state index contributed by atoms with van der Waals surface area (Å²) < 4.78 is 0. The zero-order valence-corrected chi connectivity index (χ0v) is 9.99. The molecule has 1 aromatic carbocycles. The normalized spacial score (nSPS) is 8.33. The number of hydrogen-bond donors (Lipinski definition) is 1. The number of benzene rings is 1. The molecule has 2 heteroatoms. The number of aromatic nitrogens is 1. The topological polar surface area (TPSA) is 38.9 Å². The standard InChI is InChI=1S/C10H9N.C2H6.CH5N/c1-8-4-5-9-3-2-6-11-10(9)7-8;2*1-2/h2-7H,1H3;1-2H3;2H2,1H3. The molecule has 0 saturated carbocycles. The summed E-state index contributed by atoms with van der Waals surface area (Å²) in [5, 5.41) is 1.21. The molecule has 0 saturated heterocycles. The summed E-state index contributed by atoms with van der Waals surface area (Å²) in [6.07, 6.45) is 1.82. The molecule has 2 rings (SSSR count). The van der Waals surface area contributed by atoms with Gasteiger partial charge in [-0.05, 0) is 31.7 Å². The van der Waals surface area contributed by atoms with Crippen molar-refractivity contribution in [3.8, 4) is 0 Å². The minimum absolute atomic E-state index is 1.08. The SMILES string of the molecule is CC.CN.Cc1ccc2cccnc2c1. The Bertz CT molecular complexity index is 383. The molecule has 0 aliphatic heterocycles. The fraction of sp³-hybridized carbons (Fsp3) is 0.308. The summed E-state index contributed by atoms with van der Waals surface area (Å²) in [6.45, 7) is 6.08. The number of fused-ring (bicyclic) bond motifs is 1. The fourth-order valence-electron chi connectivity index (χ4n) is 1.18. The maximum atomic E-state index is 4.50. The maximum Gasteiger partial charge on any atom is 0.0704 e. The third kappa shape index (κ3) is 4.09. The van der Waals surface area contributed by atoms with E-state index in [0.29, 0.717) is 0 Å². The van der Waals surface area contributed by atoms with Gasteiger partial charge in [0.05, 0.1) is 5.52 Å². The van der Waals surface area contributed by atoms with Crippen molar-refractivity contribution >= 4 is 10.9 Å². The first-order valence-corrected chi connectivity index (χ1v) is 5.25. The Morgan fingerprint density at radius 2 is 1.73 bits per heavy atom. The van der Waals surface area contributed by atoms with Crippen molar-refractivity contribution in [3.63, 3.8) is 0 Å². The number of hydrogen-bond acceptors (Lipinski definition) is 2. The van der Waals surface area contributed by atoms with Crippen molar-refractivity contribution in [1.29, 1.82) is 0 Å². The zero-order chi connectivity index (χ0) is 11.7. The van der Waals surface area contributed by atoms with E-state index in [9.17, 15) is 0 Å². The van der Waals surface area contributed by atoms with Crippen LogP contribution < -0.4 is 5.73 Å². The number of nitrogens with two attached hydrogens (primary N) is 1. The van der Waals surface area contributed by atoms with Crippen LogP contribution in [0.3, 0.4) is 0 Å². The fourth-order valence-corrected chi connectivity index (χ4v) is 1.18. The van der Waals surface area contributed by atoms with Gasteiger partial charge in [-0.15, -0.1) is 0 Å². The Hall–Kier alpha value is -1.41. The monoisotopic (exact) mass is 204 g/mol. The number of aryl methyl sites for hydroxylation is 1. The number of nitrogens with zero attached hydrogens (tertiary/aromatic N) is 1. The Morgan fingerprint density at radius 1 is 1.07 bits per heavy atom. The van der Waals surface area contributed by atoms with Crippen LogP contribution in [-0.2, 0) is 0 Å². The van der Waals surface area contributed by atoms with E-state index < -0.39 is 0 Å². The van der Waals surface area contributed by atoms with E-state index in [1.807, 2.05) is 26.1 Å². The van der Waals surface area contributed by atoms with Crippen molar-refractivity contribution in [2.75, 3.05) is 7.05 Å². The number of pyridine rings is 1. The molecule has 1 aromatic heterocycles. The largest absolute Gasteiger partial charge is 0.333 e. The molecule has 2 aromatic rings. The highest BCUT2D eigenvalue weighted by Crippen LogP contribution is 2.11. The van der Waals surface area contributed by atoms with Gasteiger partial charge >= 0.3 is 0 Å². The van der Waals surface area contributed by atoms with Gasteiger partial charge in [0.1, 0.15) is 0 Å². The molecule has 2 N–H and O–H groups in total. The molecule has 0 aliphatic carbocycles. The average Bonchev–Trinajstić information content (AvgIpc) is 2.34. The molecule has 0 amide bonds. The van der Waals surface area contributed by atoms with Crippen LogP contribution in [0.2, 0.25) is 0 Å². The lowest BCUT2D eigenvalue weighted by Crippen LogP contribution is -1.77. The van der Waals surface area contributed by atoms with Crippen LogP contribution in [0.1, 0.15) is 19.4 Å². The van der Waals surface area contributed by atoms with E-state index in [2.05, 4.69) is 41.9 Å². The lowest BCUT2D eigenvalue weighted by molar-refractivity contribution is 1.39. The molecular formula is C13H20N2. The van der Waals surface area contributed by atoms with Crippen molar-refractivity contribution in [2.45, 2.75) is 20.8 Å². The van der Waals surface area contributed by atoms with Crippen LogP contribution >= 0.6 is 0 Å². The second kappa shape index (κ2) is 7.94. The molecule has 82 valence electrons. The molecule has 0 spiro atoms. The summed E-state index contributed by atoms with van der Waals surface area (Å²) in [5.41, 5.74) is 6.84. The predicted molar refractivity (Wildman–Crippen MR) is 67.9 cm³/mol. The zero-order valence-electron chi connectivity index (χ0n) is 9.99. The van der Waals surface area contributed by atoms with E-state index in [4.69, 9.17) is 0 Å². The van der Waals surface area contributed by atoms with Gasteiger partial charge < -0.3 is 5.73 Å². The third-order valence-electron chi connectivity index (χ3n) is 1.76. The van der Waals surface area contributed by atoms with E-state index >= 15 is 0 Å². The van der Waals surface area contributed by atoms with Crippen molar-refractivity contribution in [3.05, 3.63) is 42.1 Å². The smallest absolute Gasteiger partial charge is 0.0704 e. The third-order valence-corrected chi connectivity index (χ3v) is 1.76. The van der Waals surface area contributed by atoms with E-state index in [1.54, 1.807) is 0 Å². The van der Waals surface area contributed by atoms with Gasteiger partial charge in [0.15, 0.2) is 0 Å². The first kappa shape index (κ1) is 13.6. The summed E-state index contributed by atoms with van der Waals surface area (Å²) in [6, 6.07) is 10.3. The minimum Gasteiger partial charge on any atom is -0.333 e. The molecule has 15 heavy (non-hydrogen) atoms. The van der Waals surface area contributed by atoms with Crippen molar-refractivity contribution < 1.29 is 0 Å². The molecule has 0 radical (unpaired) electrons. The quantitative estimate of drug-likeness (QED) is 0.716. The second-order valence-corrected chi connectivity index (χ2v) is 2.70. The molecule has 0 fully saturated rings. The van der Waals surface area contributed by atoms with Gasteiger partial charge in [-0.2, -0.15) is 0 Å². The van der Waals surface area contributed by atoms with E-state index in [-0.39, 0.29) is 0 Å². The summed E-state index contributed by atoms with van der Waals surface area (Å²) >= 11 is 0. The van der Waals surface area contributed by atoms with Gasteiger partial charge in [0.25, 0.3) is 0 Å². The maximum absolute atomic E-state index is 4.50.